The second-order valence-electron chi connectivity index (χ2n) is 6.56. The Morgan fingerprint density at radius 3 is 2.52 bits per heavy atom. The van der Waals surface area contributed by atoms with E-state index in [1.165, 1.54) is 11.1 Å². The number of halogens is 1. The maximum absolute atomic E-state index is 5.46. The molecular weight excluding hydrogens is 424 g/mol. The lowest BCUT2D eigenvalue weighted by atomic mass is 10.1. The fraction of sp³-hybridized carbons (Fsp3) is 0.316. The van der Waals surface area contributed by atoms with Crippen molar-refractivity contribution in [2.45, 2.75) is 33.9 Å². The third-order valence-electron chi connectivity index (χ3n) is 4.50. The van der Waals surface area contributed by atoms with E-state index in [4.69, 9.17) is 12.2 Å². The van der Waals surface area contributed by atoms with Gasteiger partial charge in [-0.2, -0.15) is 10.2 Å². The Morgan fingerprint density at radius 2 is 1.89 bits per heavy atom. The largest absolute Gasteiger partial charge is 0.357 e. The third-order valence-corrected chi connectivity index (χ3v) is 5.41. The molecule has 6 nitrogen and oxygen atoms in total. The van der Waals surface area contributed by atoms with Gasteiger partial charge in [-0.25, -0.2) is 0 Å². The SMILES string of the molecule is Cc1ccc(Cn2nc(C)c(NC(=S)NCc3c(Br)cnn3C)c2C)cc1. The third kappa shape index (κ3) is 4.56. The van der Waals surface area contributed by atoms with E-state index in [1.807, 2.05) is 23.3 Å². The molecule has 1 aromatic carbocycles. The van der Waals surface area contributed by atoms with Crippen LogP contribution in [0.25, 0.3) is 0 Å². The summed E-state index contributed by atoms with van der Waals surface area (Å²) in [6.45, 7) is 7.44. The first-order valence-electron chi connectivity index (χ1n) is 8.66. The Morgan fingerprint density at radius 1 is 1.19 bits per heavy atom. The standard InChI is InChI=1S/C19H23BrN6S/c1-12-5-7-15(8-6-12)11-26-14(3)18(13(2)24-26)23-19(27)21-10-17-16(20)9-22-25(17)4/h5-9H,10-11H2,1-4H3,(H2,21,23,27). The van der Waals surface area contributed by atoms with Crippen LogP contribution in [0.15, 0.2) is 34.9 Å². The molecule has 0 fully saturated rings. The number of anilines is 1. The van der Waals surface area contributed by atoms with Gasteiger partial charge in [-0.15, -0.1) is 0 Å². The predicted octanol–water partition coefficient (Wildman–Crippen LogP) is 3.84. The van der Waals surface area contributed by atoms with Crippen LogP contribution < -0.4 is 10.6 Å². The minimum Gasteiger partial charge on any atom is -0.357 e. The molecule has 2 aromatic heterocycles. The molecule has 142 valence electrons. The Hall–Kier alpha value is -2.19. The van der Waals surface area contributed by atoms with Crippen LogP contribution in [-0.2, 0) is 20.1 Å². The van der Waals surface area contributed by atoms with Crippen molar-refractivity contribution in [3.05, 3.63) is 63.1 Å². The lowest BCUT2D eigenvalue weighted by Gasteiger charge is -2.12. The van der Waals surface area contributed by atoms with Crippen LogP contribution in [0, 0.1) is 20.8 Å². The summed E-state index contributed by atoms with van der Waals surface area (Å²) >= 11 is 8.96. The van der Waals surface area contributed by atoms with Gasteiger partial charge in [-0.1, -0.05) is 29.8 Å². The van der Waals surface area contributed by atoms with E-state index >= 15 is 0 Å². The van der Waals surface area contributed by atoms with E-state index in [9.17, 15) is 0 Å². The van der Waals surface area contributed by atoms with Gasteiger partial charge in [0, 0.05) is 7.05 Å². The summed E-state index contributed by atoms with van der Waals surface area (Å²) in [6.07, 6.45) is 1.77. The fourth-order valence-corrected chi connectivity index (χ4v) is 3.52. The number of aryl methyl sites for hydroxylation is 3. The number of thiocarbonyl (C=S) groups is 1. The van der Waals surface area contributed by atoms with Crippen molar-refractivity contribution in [2.75, 3.05) is 5.32 Å². The normalized spacial score (nSPS) is 10.9. The van der Waals surface area contributed by atoms with Gasteiger partial charge in [-0.05, 0) is 54.5 Å². The molecule has 27 heavy (non-hydrogen) atoms. The van der Waals surface area contributed by atoms with Gasteiger partial charge in [0.05, 0.1) is 46.5 Å². The highest BCUT2D eigenvalue weighted by atomic mass is 79.9. The number of hydrogen-bond acceptors (Lipinski definition) is 3. The molecule has 8 heteroatoms. The van der Waals surface area contributed by atoms with Gasteiger partial charge in [-0.3, -0.25) is 9.36 Å². The molecule has 0 saturated carbocycles. The van der Waals surface area contributed by atoms with E-state index in [-0.39, 0.29) is 0 Å². The molecule has 0 saturated heterocycles. The van der Waals surface area contributed by atoms with Crippen molar-refractivity contribution in [3.63, 3.8) is 0 Å². The fourth-order valence-electron chi connectivity index (χ4n) is 2.85. The van der Waals surface area contributed by atoms with Gasteiger partial charge >= 0.3 is 0 Å². The lowest BCUT2D eigenvalue weighted by Crippen LogP contribution is -2.29. The predicted molar refractivity (Wildman–Crippen MR) is 116 cm³/mol. The second-order valence-corrected chi connectivity index (χ2v) is 7.82. The van der Waals surface area contributed by atoms with Crippen LogP contribution in [0.4, 0.5) is 5.69 Å². The van der Waals surface area contributed by atoms with E-state index in [0.717, 1.165) is 33.8 Å². The van der Waals surface area contributed by atoms with Crippen LogP contribution in [0.3, 0.4) is 0 Å². The average Bonchev–Trinajstić information content (AvgIpc) is 3.08. The van der Waals surface area contributed by atoms with E-state index in [2.05, 4.69) is 74.9 Å². The van der Waals surface area contributed by atoms with Crippen LogP contribution in [-0.4, -0.2) is 24.7 Å². The summed E-state index contributed by atoms with van der Waals surface area (Å²) in [4.78, 5) is 0. The number of hydrogen-bond donors (Lipinski definition) is 2. The molecule has 0 atom stereocenters. The highest BCUT2D eigenvalue weighted by Gasteiger charge is 2.14. The Bertz CT molecular complexity index is 938. The van der Waals surface area contributed by atoms with Gasteiger partial charge in [0.2, 0.25) is 0 Å². The zero-order valence-electron chi connectivity index (χ0n) is 15.9. The molecule has 0 aliphatic rings. The minimum absolute atomic E-state index is 0.559. The zero-order chi connectivity index (χ0) is 19.6. The van der Waals surface area contributed by atoms with Crippen molar-refractivity contribution >= 4 is 38.9 Å². The maximum Gasteiger partial charge on any atom is 0.171 e. The van der Waals surface area contributed by atoms with E-state index in [0.29, 0.717) is 11.7 Å². The van der Waals surface area contributed by atoms with Gasteiger partial charge in [0.1, 0.15) is 0 Å². The number of rotatable bonds is 5. The summed E-state index contributed by atoms with van der Waals surface area (Å²) in [5, 5.41) is 15.9. The Labute approximate surface area is 173 Å². The number of aromatic nitrogens is 4. The summed E-state index contributed by atoms with van der Waals surface area (Å²) < 4.78 is 4.77. The molecule has 0 aliphatic carbocycles. The Balaban J connectivity index is 1.67. The molecular formula is C19H23BrN6S. The van der Waals surface area contributed by atoms with Crippen molar-refractivity contribution in [1.29, 1.82) is 0 Å². The van der Waals surface area contributed by atoms with Crippen LogP contribution >= 0.6 is 28.1 Å². The topological polar surface area (TPSA) is 59.7 Å². The molecule has 0 amide bonds. The van der Waals surface area contributed by atoms with Gasteiger partial charge < -0.3 is 10.6 Å². The monoisotopic (exact) mass is 446 g/mol. The summed E-state index contributed by atoms with van der Waals surface area (Å²) in [5.41, 5.74) is 6.43. The van der Waals surface area contributed by atoms with Crippen LogP contribution in [0.1, 0.15) is 28.2 Å². The summed E-state index contributed by atoms with van der Waals surface area (Å²) in [5.74, 6) is 0. The molecule has 2 heterocycles. The van der Waals surface area contributed by atoms with Crippen LogP contribution in [0.5, 0.6) is 0 Å². The number of benzene rings is 1. The highest BCUT2D eigenvalue weighted by Crippen LogP contribution is 2.21. The average molecular weight is 447 g/mol. The Kier molecular flexibility index (Phi) is 5.96. The van der Waals surface area contributed by atoms with Crippen molar-refractivity contribution < 1.29 is 0 Å². The van der Waals surface area contributed by atoms with Crippen molar-refractivity contribution in [1.82, 2.24) is 24.9 Å². The van der Waals surface area contributed by atoms with E-state index < -0.39 is 0 Å². The van der Waals surface area contributed by atoms with Crippen molar-refractivity contribution in [2.24, 2.45) is 7.05 Å². The summed E-state index contributed by atoms with van der Waals surface area (Å²) in [7, 11) is 1.90. The first-order chi connectivity index (χ1) is 12.8. The molecule has 0 bridgehead atoms. The maximum atomic E-state index is 5.46. The minimum atomic E-state index is 0.559. The quantitative estimate of drug-likeness (QED) is 0.582. The second kappa shape index (κ2) is 8.22. The number of nitrogens with one attached hydrogen (secondary N) is 2. The van der Waals surface area contributed by atoms with Gasteiger partial charge in [0.15, 0.2) is 5.11 Å². The molecule has 0 spiro atoms. The first kappa shape index (κ1) is 19.6. The van der Waals surface area contributed by atoms with Gasteiger partial charge in [0.25, 0.3) is 0 Å². The highest BCUT2D eigenvalue weighted by molar-refractivity contribution is 9.10. The summed E-state index contributed by atoms with van der Waals surface area (Å²) in [6, 6.07) is 8.51. The van der Waals surface area contributed by atoms with E-state index in [1.54, 1.807) is 6.20 Å². The molecule has 0 radical (unpaired) electrons. The van der Waals surface area contributed by atoms with Crippen molar-refractivity contribution in [3.8, 4) is 0 Å². The lowest BCUT2D eigenvalue weighted by molar-refractivity contribution is 0.659. The first-order valence-corrected chi connectivity index (χ1v) is 9.86. The van der Waals surface area contributed by atoms with Crippen LogP contribution in [0.2, 0.25) is 0 Å². The smallest absolute Gasteiger partial charge is 0.171 e. The molecule has 3 rings (SSSR count). The molecule has 2 N–H and O–H groups in total. The molecule has 0 unspecified atom stereocenters. The number of nitrogens with zero attached hydrogens (tertiary/aromatic N) is 4. The zero-order valence-corrected chi connectivity index (χ0v) is 18.3. The molecule has 0 aliphatic heterocycles. The molecule has 3 aromatic rings.